The van der Waals surface area contributed by atoms with E-state index < -0.39 is 0 Å². The van der Waals surface area contributed by atoms with Gasteiger partial charge in [0.05, 0.1) is 0 Å². The topological polar surface area (TPSA) is 32.3 Å². The highest BCUT2D eigenvalue weighted by Gasteiger charge is 2.31. The third-order valence-corrected chi connectivity index (χ3v) is 4.92. The average Bonchev–Trinajstić information content (AvgIpc) is 2.77. The van der Waals surface area contributed by atoms with E-state index in [1.54, 1.807) is 0 Å². The van der Waals surface area contributed by atoms with E-state index in [1.165, 1.54) is 5.56 Å². The minimum atomic E-state index is 0. The molecule has 0 unspecified atom stereocenters. The highest BCUT2D eigenvalue weighted by molar-refractivity contribution is 5.95. The van der Waals surface area contributed by atoms with Gasteiger partial charge in [-0.1, -0.05) is 17.7 Å². The van der Waals surface area contributed by atoms with Crippen molar-refractivity contribution in [1.29, 1.82) is 0 Å². The van der Waals surface area contributed by atoms with Crippen molar-refractivity contribution in [2.24, 2.45) is 11.8 Å². The molecule has 2 aliphatic rings. The number of carbonyl (C=O) groups is 1. The van der Waals surface area contributed by atoms with Gasteiger partial charge in [-0.2, -0.15) is 0 Å². The van der Waals surface area contributed by atoms with Crippen LogP contribution in [0.15, 0.2) is 18.2 Å². The highest BCUT2D eigenvalue weighted by Crippen LogP contribution is 2.28. The van der Waals surface area contributed by atoms with Crippen LogP contribution in [0, 0.1) is 25.7 Å². The number of rotatable bonds is 1. The van der Waals surface area contributed by atoms with Gasteiger partial charge in [0, 0.05) is 18.7 Å². The third kappa shape index (κ3) is 3.41. The van der Waals surface area contributed by atoms with E-state index in [4.69, 9.17) is 0 Å². The first kappa shape index (κ1) is 16.3. The van der Waals surface area contributed by atoms with E-state index in [-0.39, 0.29) is 18.3 Å². The second kappa shape index (κ2) is 6.80. The van der Waals surface area contributed by atoms with E-state index in [0.717, 1.165) is 62.0 Å². The van der Waals surface area contributed by atoms with Crippen LogP contribution in [0.1, 0.15) is 34.3 Å². The van der Waals surface area contributed by atoms with Crippen molar-refractivity contribution in [3.63, 3.8) is 0 Å². The number of carbonyl (C=O) groups excluding carboxylic acids is 1. The predicted octanol–water partition coefficient (Wildman–Crippen LogP) is 2.80. The largest absolute Gasteiger partial charge is 0.339 e. The third-order valence-electron chi connectivity index (χ3n) is 4.92. The predicted molar refractivity (Wildman–Crippen MR) is 88.2 cm³/mol. The van der Waals surface area contributed by atoms with Crippen LogP contribution in [0.5, 0.6) is 0 Å². The van der Waals surface area contributed by atoms with E-state index in [0.29, 0.717) is 0 Å². The molecule has 1 N–H and O–H groups in total. The molecule has 1 aromatic carbocycles. The summed E-state index contributed by atoms with van der Waals surface area (Å²) < 4.78 is 0. The smallest absolute Gasteiger partial charge is 0.254 e. The van der Waals surface area contributed by atoms with Crippen LogP contribution >= 0.6 is 12.4 Å². The Morgan fingerprint density at radius 3 is 2.33 bits per heavy atom. The van der Waals surface area contributed by atoms with Crippen molar-refractivity contribution in [3.05, 3.63) is 34.9 Å². The minimum Gasteiger partial charge on any atom is -0.339 e. The van der Waals surface area contributed by atoms with Gasteiger partial charge in [0.15, 0.2) is 0 Å². The molecule has 2 atom stereocenters. The quantitative estimate of drug-likeness (QED) is 0.865. The fraction of sp³-hybridized carbons (Fsp3) is 0.588. The lowest BCUT2D eigenvalue weighted by atomic mass is 9.92. The standard InChI is InChI=1S/C17H24N2O.ClH/c1-12-3-4-16(13(2)9-12)17(20)19-7-5-14-10-18-11-15(14)6-8-19;/h3-4,9,14-15,18H,5-8,10-11H2,1-2H3;1H/t14-,15+;. The molecule has 21 heavy (non-hydrogen) atoms. The Labute approximate surface area is 133 Å². The molecule has 3 rings (SSSR count). The van der Waals surface area contributed by atoms with Crippen LogP contribution in [0.4, 0.5) is 0 Å². The molecule has 2 heterocycles. The Morgan fingerprint density at radius 2 is 1.76 bits per heavy atom. The number of nitrogens with zero attached hydrogens (tertiary/aromatic N) is 1. The molecule has 2 saturated heterocycles. The Bertz CT molecular complexity index is 504. The molecule has 116 valence electrons. The van der Waals surface area contributed by atoms with Gasteiger partial charge in [-0.15, -0.1) is 12.4 Å². The zero-order chi connectivity index (χ0) is 14.1. The maximum absolute atomic E-state index is 12.7. The fourth-order valence-electron chi connectivity index (χ4n) is 3.65. The van der Waals surface area contributed by atoms with Crippen molar-refractivity contribution in [3.8, 4) is 0 Å². The Morgan fingerprint density at radius 1 is 1.14 bits per heavy atom. The lowest BCUT2D eigenvalue weighted by molar-refractivity contribution is 0.0758. The summed E-state index contributed by atoms with van der Waals surface area (Å²) in [6.45, 7) is 8.20. The molecule has 2 aliphatic heterocycles. The minimum absolute atomic E-state index is 0. The Balaban J connectivity index is 0.00000161. The number of likely N-dealkylation sites (tertiary alicyclic amines) is 1. The van der Waals surface area contributed by atoms with Gasteiger partial charge >= 0.3 is 0 Å². The second-order valence-electron chi connectivity index (χ2n) is 6.37. The number of amides is 1. The van der Waals surface area contributed by atoms with Gasteiger partial charge in [0.2, 0.25) is 0 Å². The fourth-order valence-corrected chi connectivity index (χ4v) is 3.65. The van der Waals surface area contributed by atoms with E-state index in [9.17, 15) is 4.79 Å². The summed E-state index contributed by atoms with van der Waals surface area (Å²) in [5.41, 5.74) is 3.19. The molecule has 1 amide bonds. The molecule has 0 aliphatic carbocycles. The van der Waals surface area contributed by atoms with Gasteiger partial charge in [0.25, 0.3) is 5.91 Å². The zero-order valence-electron chi connectivity index (χ0n) is 12.9. The van der Waals surface area contributed by atoms with E-state index in [2.05, 4.69) is 23.2 Å². The molecule has 0 saturated carbocycles. The van der Waals surface area contributed by atoms with E-state index >= 15 is 0 Å². The zero-order valence-corrected chi connectivity index (χ0v) is 13.7. The average molecular weight is 309 g/mol. The summed E-state index contributed by atoms with van der Waals surface area (Å²) >= 11 is 0. The summed E-state index contributed by atoms with van der Waals surface area (Å²) in [5.74, 6) is 1.76. The van der Waals surface area contributed by atoms with Crippen LogP contribution in [0.3, 0.4) is 0 Å². The lowest BCUT2D eigenvalue weighted by Crippen LogP contribution is -2.33. The molecule has 1 aromatic rings. The first-order valence-electron chi connectivity index (χ1n) is 7.72. The maximum Gasteiger partial charge on any atom is 0.254 e. The number of aryl methyl sites for hydroxylation is 2. The van der Waals surface area contributed by atoms with Gasteiger partial charge in [-0.05, 0) is 63.2 Å². The monoisotopic (exact) mass is 308 g/mol. The summed E-state index contributed by atoms with van der Waals surface area (Å²) in [5, 5.41) is 3.48. The van der Waals surface area contributed by atoms with Gasteiger partial charge in [0.1, 0.15) is 0 Å². The van der Waals surface area contributed by atoms with Crippen LogP contribution in [-0.2, 0) is 0 Å². The van der Waals surface area contributed by atoms with Crippen molar-refractivity contribution in [2.75, 3.05) is 26.2 Å². The van der Waals surface area contributed by atoms with Gasteiger partial charge in [-0.25, -0.2) is 0 Å². The Kier molecular flexibility index (Phi) is 5.28. The number of benzene rings is 1. The van der Waals surface area contributed by atoms with E-state index in [1.807, 2.05) is 19.1 Å². The van der Waals surface area contributed by atoms with Crippen molar-refractivity contribution < 1.29 is 4.79 Å². The SMILES string of the molecule is Cc1ccc(C(=O)N2CC[C@@H]3CNC[C@@H]3CC2)c(C)c1.Cl. The number of nitrogens with one attached hydrogen (secondary N) is 1. The summed E-state index contributed by atoms with van der Waals surface area (Å²) in [7, 11) is 0. The molecule has 3 nitrogen and oxygen atoms in total. The molecule has 2 fully saturated rings. The van der Waals surface area contributed by atoms with Crippen LogP contribution in [0.2, 0.25) is 0 Å². The Hall–Kier alpha value is -1.06. The van der Waals surface area contributed by atoms with Crippen LogP contribution in [0.25, 0.3) is 0 Å². The number of halogens is 1. The van der Waals surface area contributed by atoms with Crippen molar-refractivity contribution in [1.82, 2.24) is 10.2 Å². The number of fused-ring (bicyclic) bond motifs is 1. The normalized spacial score (nSPS) is 25.0. The first-order valence-corrected chi connectivity index (χ1v) is 7.72. The highest BCUT2D eigenvalue weighted by atomic mass is 35.5. The molecule has 0 radical (unpaired) electrons. The molecule has 4 heteroatoms. The maximum atomic E-state index is 12.7. The second-order valence-corrected chi connectivity index (χ2v) is 6.37. The van der Waals surface area contributed by atoms with Gasteiger partial charge < -0.3 is 10.2 Å². The number of hydrogen-bond donors (Lipinski definition) is 1. The van der Waals surface area contributed by atoms with Crippen LogP contribution < -0.4 is 5.32 Å². The molecular weight excluding hydrogens is 284 g/mol. The van der Waals surface area contributed by atoms with Crippen molar-refractivity contribution in [2.45, 2.75) is 26.7 Å². The number of hydrogen-bond acceptors (Lipinski definition) is 2. The molecule has 0 spiro atoms. The summed E-state index contributed by atoms with van der Waals surface area (Å²) in [4.78, 5) is 14.8. The summed E-state index contributed by atoms with van der Waals surface area (Å²) in [6.07, 6.45) is 2.29. The van der Waals surface area contributed by atoms with Gasteiger partial charge in [-0.3, -0.25) is 4.79 Å². The lowest BCUT2D eigenvalue weighted by Gasteiger charge is -2.22. The molecule has 0 bridgehead atoms. The molecule has 0 aromatic heterocycles. The first-order chi connectivity index (χ1) is 9.65. The van der Waals surface area contributed by atoms with Crippen molar-refractivity contribution >= 4 is 18.3 Å². The molecular formula is C17H25ClN2O. The van der Waals surface area contributed by atoms with Crippen LogP contribution in [-0.4, -0.2) is 37.0 Å². The summed E-state index contributed by atoms with van der Waals surface area (Å²) in [6, 6.07) is 6.13.